The summed E-state index contributed by atoms with van der Waals surface area (Å²) in [6.45, 7) is 1.71. The molecule has 1 aromatic rings. The van der Waals surface area contributed by atoms with E-state index in [-0.39, 0.29) is 4.90 Å². The summed E-state index contributed by atoms with van der Waals surface area (Å²) in [5.41, 5.74) is 0. The Bertz CT molecular complexity index is 598. The highest BCUT2D eigenvalue weighted by Gasteiger charge is 2.29. The van der Waals surface area contributed by atoms with Crippen molar-refractivity contribution >= 4 is 27.4 Å². The molecule has 0 radical (unpaired) electrons. The number of halogens is 1. The molecule has 2 rings (SSSR count). The number of benzene rings is 1. The van der Waals surface area contributed by atoms with Crippen molar-refractivity contribution in [3.63, 3.8) is 0 Å². The van der Waals surface area contributed by atoms with Gasteiger partial charge in [0.15, 0.2) is 5.11 Å². The van der Waals surface area contributed by atoms with E-state index in [1.54, 1.807) is 7.05 Å². The fraction of sp³-hybridized carbons (Fsp3) is 0.417. The van der Waals surface area contributed by atoms with Crippen LogP contribution < -0.4 is 5.32 Å². The van der Waals surface area contributed by atoms with Gasteiger partial charge in [0.05, 0.1) is 4.90 Å². The number of piperazine rings is 1. The van der Waals surface area contributed by atoms with Gasteiger partial charge < -0.3 is 10.2 Å². The van der Waals surface area contributed by atoms with Crippen LogP contribution in [0.25, 0.3) is 0 Å². The molecular weight excluding hydrogens is 301 g/mol. The quantitative estimate of drug-likeness (QED) is 0.811. The molecule has 0 unspecified atom stereocenters. The molecule has 20 heavy (non-hydrogen) atoms. The smallest absolute Gasteiger partial charge is 0.243 e. The minimum atomic E-state index is -3.64. The molecule has 0 aromatic heterocycles. The topological polar surface area (TPSA) is 52.6 Å². The summed E-state index contributed by atoms with van der Waals surface area (Å²) < 4.78 is 39.3. The number of hydrogen-bond acceptors (Lipinski definition) is 3. The van der Waals surface area contributed by atoms with Crippen LogP contribution in [0.4, 0.5) is 4.39 Å². The minimum Gasteiger partial charge on any atom is -0.366 e. The van der Waals surface area contributed by atoms with Gasteiger partial charge in [0.1, 0.15) is 5.82 Å². The van der Waals surface area contributed by atoms with Gasteiger partial charge in [-0.1, -0.05) is 6.07 Å². The number of hydrogen-bond donors (Lipinski definition) is 1. The maximum Gasteiger partial charge on any atom is 0.243 e. The normalized spacial score (nSPS) is 17.0. The number of rotatable bonds is 2. The third-order valence-electron chi connectivity index (χ3n) is 3.17. The molecule has 0 spiro atoms. The number of sulfonamides is 1. The van der Waals surface area contributed by atoms with E-state index in [0.717, 1.165) is 6.07 Å². The molecule has 0 aliphatic carbocycles. The Morgan fingerprint density at radius 3 is 2.50 bits per heavy atom. The van der Waals surface area contributed by atoms with Crippen LogP contribution in [-0.2, 0) is 10.0 Å². The maximum absolute atomic E-state index is 13.2. The summed E-state index contributed by atoms with van der Waals surface area (Å²) in [6, 6.07) is 5.07. The maximum atomic E-state index is 13.2. The van der Waals surface area contributed by atoms with Crippen molar-refractivity contribution in [2.45, 2.75) is 4.90 Å². The standard InChI is InChI=1S/C12H16FN3O2S2/c1-14-12(19)15-5-7-16(8-6-15)20(17,18)11-4-2-3-10(13)9-11/h2-4,9H,5-8H2,1H3,(H,14,19). The van der Waals surface area contributed by atoms with Gasteiger partial charge in [0.2, 0.25) is 10.0 Å². The molecule has 0 amide bonds. The number of thiocarbonyl (C=S) groups is 1. The van der Waals surface area contributed by atoms with Gasteiger partial charge in [-0.25, -0.2) is 12.8 Å². The van der Waals surface area contributed by atoms with E-state index in [1.807, 2.05) is 4.90 Å². The predicted octanol–water partition coefficient (Wildman–Crippen LogP) is 0.636. The first-order chi connectivity index (χ1) is 9.45. The molecule has 1 saturated heterocycles. The highest BCUT2D eigenvalue weighted by Crippen LogP contribution is 2.18. The lowest BCUT2D eigenvalue weighted by Gasteiger charge is -2.35. The van der Waals surface area contributed by atoms with E-state index in [1.165, 1.54) is 22.5 Å². The van der Waals surface area contributed by atoms with Crippen LogP contribution in [0.15, 0.2) is 29.2 Å². The van der Waals surface area contributed by atoms with E-state index >= 15 is 0 Å². The Morgan fingerprint density at radius 2 is 1.95 bits per heavy atom. The van der Waals surface area contributed by atoms with E-state index < -0.39 is 15.8 Å². The van der Waals surface area contributed by atoms with Gasteiger partial charge in [-0.05, 0) is 30.4 Å². The van der Waals surface area contributed by atoms with Crippen molar-refractivity contribution in [2.75, 3.05) is 33.2 Å². The second-order valence-corrected chi connectivity index (χ2v) is 6.73. The summed E-state index contributed by atoms with van der Waals surface area (Å²) in [5, 5.41) is 3.47. The van der Waals surface area contributed by atoms with Gasteiger partial charge in [-0.15, -0.1) is 0 Å². The van der Waals surface area contributed by atoms with Gasteiger partial charge >= 0.3 is 0 Å². The molecule has 110 valence electrons. The van der Waals surface area contributed by atoms with E-state index in [9.17, 15) is 12.8 Å². The van der Waals surface area contributed by atoms with Crippen LogP contribution in [-0.4, -0.2) is 56.0 Å². The fourth-order valence-electron chi connectivity index (χ4n) is 2.07. The second-order valence-electron chi connectivity index (χ2n) is 4.40. The van der Waals surface area contributed by atoms with Crippen LogP contribution in [0.3, 0.4) is 0 Å². The Hall–Kier alpha value is -1.25. The van der Waals surface area contributed by atoms with Crippen LogP contribution in [0.1, 0.15) is 0 Å². The van der Waals surface area contributed by atoms with E-state index in [0.29, 0.717) is 31.3 Å². The Balaban J connectivity index is 2.11. The van der Waals surface area contributed by atoms with Crippen LogP contribution in [0.5, 0.6) is 0 Å². The average Bonchev–Trinajstić information content (AvgIpc) is 2.46. The molecule has 1 N–H and O–H groups in total. The largest absolute Gasteiger partial charge is 0.366 e. The number of nitrogens with zero attached hydrogens (tertiary/aromatic N) is 2. The Morgan fingerprint density at radius 1 is 1.30 bits per heavy atom. The predicted molar refractivity (Wildman–Crippen MR) is 78.4 cm³/mol. The molecular formula is C12H16FN3O2S2. The number of nitrogens with one attached hydrogen (secondary N) is 1. The van der Waals surface area contributed by atoms with Crippen LogP contribution in [0.2, 0.25) is 0 Å². The fourth-order valence-corrected chi connectivity index (χ4v) is 3.70. The summed E-state index contributed by atoms with van der Waals surface area (Å²) in [6.07, 6.45) is 0. The summed E-state index contributed by atoms with van der Waals surface area (Å²) in [5.74, 6) is -0.555. The molecule has 0 bridgehead atoms. The first-order valence-electron chi connectivity index (χ1n) is 6.17. The van der Waals surface area contributed by atoms with E-state index in [2.05, 4.69) is 5.32 Å². The SMILES string of the molecule is CNC(=S)N1CCN(S(=O)(=O)c2cccc(F)c2)CC1. The third-order valence-corrected chi connectivity index (χ3v) is 5.53. The van der Waals surface area contributed by atoms with Gasteiger partial charge in [0.25, 0.3) is 0 Å². The van der Waals surface area contributed by atoms with Crippen molar-refractivity contribution in [1.82, 2.24) is 14.5 Å². The molecule has 1 aromatic carbocycles. The van der Waals surface area contributed by atoms with Crippen molar-refractivity contribution in [2.24, 2.45) is 0 Å². The first-order valence-corrected chi connectivity index (χ1v) is 8.02. The Kier molecular flexibility index (Phi) is 4.56. The van der Waals surface area contributed by atoms with Crippen molar-refractivity contribution < 1.29 is 12.8 Å². The second kappa shape index (κ2) is 6.02. The lowest BCUT2D eigenvalue weighted by atomic mass is 10.4. The van der Waals surface area contributed by atoms with Crippen LogP contribution >= 0.6 is 12.2 Å². The van der Waals surface area contributed by atoms with Gasteiger partial charge in [0, 0.05) is 33.2 Å². The average molecular weight is 317 g/mol. The van der Waals surface area contributed by atoms with Gasteiger partial charge in [-0.3, -0.25) is 0 Å². The molecule has 8 heteroatoms. The van der Waals surface area contributed by atoms with Crippen molar-refractivity contribution in [3.8, 4) is 0 Å². The third kappa shape index (κ3) is 3.08. The summed E-state index contributed by atoms with van der Waals surface area (Å²) in [7, 11) is -1.90. The zero-order valence-electron chi connectivity index (χ0n) is 11.0. The summed E-state index contributed by atoms with van der Waals surface area (Å²) in [4.78, 5) is 1.90. The molecule has 1 heterocycles. The monoisotopic (exact) mass is 317 g/mol. The zero-order chi connectivity index (χ0) is 14.8. The molecule has 0 saturated carbocycles. The molecule has 1 aliphatic heterocycles. The highest BCUT2D eigenvalue weighted by atomic mass is 32.2. The first kappa shape index (κ1) is 15.1. The summed E-state index contributed by atoms with van der Waals surface area (Å²) >= 11 is 5.12. The van der Waals surface area contributed by atoms with Crippen molar-refractivity contribution in [1.29, 1.82) is 0 Å². The Labute approximate surface area is 123 Å². The zero-order valence-corrected chi connectivity index (χ0v) is 12.7. The van der Waals surface area contributed by atoms with Gasteiger partial charge in [-0.2, -0.15) is 4.31 Å². The minimum absolute atomic E-state index is 0.0119. The molecule has 1 aliphatic rings. The van der Waals surface area contributed by atoms with Crippen LogP contribution in [0, 0.1) is 5.82 Å². The van der Waals surface area contributed by atoms with E-state index in [4.69, 9.17) is 12.2 Å². The molecule has 5 nitrogen and oxygen atoms in total. The lowest BCUT2D eigenvalue weighted by molar-refractivity contribution is 0.265. The lowest BCUT2D eigenvalue weighted by Crippen LogP contribution is -2.52. The highest BCUT2D eigenvalue weighted by molar-refractivity contribution is 7.89. The molecule has 1 fully saturated rings. The van der Waals surface area contributed by atoms with Crippen molar-refractivity contribution in [3.05, 3.63) is 30.1 Å². The molecule has 0 atom stereocenters.